The minimum absolute atomic E-state index is 0.758. The minimum atomic E-state index is 0.758. The first-order valence-corrected chi connectivity index (χ1v) is 7.50. The molecule has 0 spiro atoms. The first kappa shape index (κ1) is 14.6. The fourth-order valence-corrected chi connectivity index (χ4v) is 2.19. The molecule has 2 heteroatoms. The maximum Gasteiger partial charge on any atom is 0.137 e. The van der Waals surface area contributed by atoms with Crippen LogP contribution in [0.4, 0.5) is 0 Å². The lowest BCUT2D eigenvalue weighted by Crippen LogP contribution is -2.85. The number of benzene rings is 2. The molecular weight excluding hydrogens is 246 g/mol. The van der Waals surface area contributed by atoms with Crippen molar-refractivity contribution in [3.63, 3.8) is 0 Å². The van der Waals surface area contributed by atoms with Gasteiger partial charge >= 0.3 is 0 Å². The number of rotatable bonds is 8. The van der Waals surface area contributed by atoms with Crippen LogP contribution in [0, 0.1) is 0 Å². The van der Waals surface area contributed by atoms with Crippen LogP contribution in [0.25, 0.3) is 11.1 Å². The van der Waals surface area contributed by atoms with E-state index in [1.807, 2.05) is 18.2 Å². The Morgan fingerprint density at radius 3 is 2.45 bits per heavy atom. The molecule has 0 bridgehead atoms. The Kier molecular flexibility index (Phi) is 6.12. The van der Waals surface area contributed by atoms with Crippen LogP contribution < -0.4 is 10.1 Å². The number of unbranched alkanes of at least 4 members (excludes halogenated alkanes) is 1. The summed E-state index contributed by atoms with van der Waals surface area (Å²) in [6.45, 7) is 5.19. The standard InChI is InChI=1S/C18H23NO/c1-2-3-13-19-14-15-20-18-12-8-7-11-17(18)16-9-5-4-6-10-16/h4-12,19H,2-3,13-15H2,1H3/p+1. The summed E-state index contributed by atoms with van der Waals surface area (Å²) >= 11 is 0. The summed E-state index contributed by atoms with van der Waals surface area (Å²) in [4.78, 5) is 0. The topological polar surface area (TPSA) is 25.8 Å². The van der Waals surface area contributed by atoms with Gasteiger partial charge in [-0.25, -0.2) is 0 Å². The van der Waals surface area contributed by atoms with Crippen LogP contribution in [-0.2, 0) is 0 Å². The van der Waals surface area contributed by atoms with Crippen molar-refractivity contribution >= 4 is 0 Å². The average Bonchev–Trinajstić information content (AvgIpc) is 2.52. The second-order valence-electron chi connectivity index (χ2n) is 4.93. The number of quaternary nitrogens is 1. The van der Waals surface area contributed by atoms with Crippen molar-refractivity contribution in [3.8, 4) is 16.9 Å². The highest BCUT2D eigenvalue weighted by atomic mass is 16.5. The van der Waals surface area contributed by atoms with Crippen LogP contribution in [0.1, 0.15) is 19.8 Å². The van der Waals surface area contributed by atoms with Crippen LogP contribution in [0.15, 0.2) is 54.6 Å². The normalized spacial score (nSPS) is 10.4. The summed E-state index contributed by atoms with van der Waals surface area (Å²) < 4.78 is 5.94. The summed E-state index contributed by atoms with van der Waals surface area (Å²) in [5.41, 5.74) is 2.37. The largest absolute Gasteiger partial charge is 0.487 e. The second kappa shape index (κ2) is 8.39. The molecule has 0 unspecified atom stereocenters. The highest BCUT2D eigenvalue weighted by molar-refractivity contribution is 5.70. The highest BCUT2D eigenvalue weighted by Gasteiger charge is 2.05. The Bertz CT molecular complexity index is 496. The lowest BCUT2D eigenvalue weighted by Gasteiger charge is -2.11. The summed E-state index contributed by atoms with van der Waals surface area (Å²) in [6, 6.07) is 18.7. The molecule has 2 rings (SSSR count). The molecule has 0 aromatic heterocycles. The molecule has 0 aliphatic rings. The fraction of sp³-hybridized carbons (Fsp3) is 0.333. The van der Waals surface area contributed by atoms with E-state index in [1.54, 1.807) is 0 Å². The van der Waals surface area contributed by atoms with E-state index in [4.69, 9.17) is 4.74 Å². The SMILES string of the molecule is CCCC[NH2+]CCOc1ccccc1-c1ccccc1. The van der Waals surface area contributed by atoms with Gasteiger partial charge in [0.25, 0.3) is 0 Å². The van der Waals surface area contributed by atoms with Gasteiger partial charge in [0.1, 0.15) is 18.9 Å². The third-order valence-electron chi connectivity index (χ3n) is 3.31. The molecule has 0 aliphatic heterocycles. The van der Waals surface area contributed by atoms with Gasteiger partial charge in [-0.2, -0.15) is 0 Å². The van der Waals surface area contributed by atoms with Gasteiger partial charge in [-0.15, -0.1) is 0 Å². The van der Waals surface area contributed by atoms with Crippen molar-refractivity contribution in [2.45, 2.75) is 19.8 Å². The van der Waals surface area contributed by atoms with Gasteiger partial charge in [0.2, 0.25) is 0 Å². The third-order valence-corrected chi connectivity index (χ3v) is 3.31. The molecule has 0 saturated heterocycles. The van der Waals surface area contributed by atoms with E-state index in [0.29, 0.717) is 0 Å². The predicted molar refractivity (Wildman–Crippen MR) is 83.9 cm³/mol. The first-order chi connectivity index (χ1) is 9.92. The van der Waals surface area contributed by atoms with Crippen molar-refractivity contribution in [1.29, 1.82) is 0 Å². The molecule has 0 radical (unpaired) electrons. The quantitative estimate of drug-likeness (QED) is 0.733. The van der Waals surface area contributed by atoms with Crippen molar-refractivity contribution in [1.82, 2.24) is 0 Å². The zero-order valence-electron chi connectivity index (χ0n) is 12.2. The Labute approximate surface area is 121 Å². The molecule has 0 saturated carbocycles. The lowest BCUT2D eigenvalue weighted by molar-refractivity contribution is -0.655. The van der Waals surface area contributed by atoms with Gasteiger partial charge < -0.3 is 10.1 Å². The number of hydrogen-bond acceptors (Lipinski definition) is 1. The van der Waals surface area contributed by atoms with E-state index in [9.17, 15) is 0 Å². The van der Waals surface area contributed by atoms with Gasteiger partial charge in [-0.3, -0.25) is 0 Å². The summed E-state index contributed by atoms with van der Waals surface area (Å²) in [6.07, 6.45) is 2.54. The molecule has 106 valence electrons. The lowest BCUT2D eigenvalue weighted by atomic mass is 10.1. The maximum atomic E-state index is 5.94. The predicted octanol–water partition coefficient (Wildman–Crippen LogP) is 3.10. The smallest absolute Gasteiger partial charge is 0.137 e. The van der Waals surface area contributed by atoms with Gasteiger partial charge in [-0.1, -0.05) is 61.9 Å². The van der Waals surface area contributed by atoms with Crippen molar-refractivity contribution in [3.05, 3.63) is 54.6 Å². The van der Waals surface area contributed by atoms with Gasteiger partial charge in [0.05, 0.1) is 6.54 Å². The Morgan fingerprint density at radius 2 is 1.65 bits per heavy atom. The molecule has 0 heterocycles. The molecule has 0 fully saturated rings. The van der Waals surface area contributed by atoms with E-state index in [1.165, 1.54) is 30.5 Å². The van der Waals surface area contributed by atoms with E-state index in [2.05, 4.69) is 48.6 Å². The average molecular weight is 270 g/mol. The van der Waals surface area contributed by atoms with Crippen LogP contribution in [0.2, 0.25) is 0 Å². The maximum absolute atomic E-state index is 5.94. The van der Waals surface area contributed by atoms with E-state index >= 15 is 0 Å². The van der Waals surface area contributed by atoms with Crippen molar-refractivity contribution < 1.29 is 10.1 Å². The van der Waals surface area contributed by atoms with Crippen molar-refractivity contribution in [2.24, 2.45) is 0 Å². The fourth-order valence-electron chi connectivity index (χ4n) is 2.19. The summed E-state index contributed by atoms with van der Waals surface area (Å²) in [5.74, 6) is 0.975. The zero-order chi connectivity index (χ0) is 14.0. The Morgan fingerprint density at radius 1 is 0.900 bits per heavy atom. The molecule has 2 aromatic rings. The summed E-state index contributed by atoms with van der Waals surface area (Å²) in [5, 5.41) is 2.33. The summed E-state index contributed by atoms with van der Waals surface area (Å²) in [7, 11) is 0. The molecule has 0 atom stereocenters. The molecular formula is C18H24NO+. The third kappa shape index (κ3) is 4.39. The minimum Gasteiger partial charge on any atom is -0.487 e. The van der Waals surface area contributed by atoms with Gasteiger partial charge in [-0.05, 0) is 18.1 Å². The van der Waals surface area contributed by atoms with Crippen LogP contribution >= 0.6 is 0 Å². The van der Waals surface area contributed by atoms with Crippen LogP contribution in [0.3, 0.4) is 0 Å². The monoisotopic (exact) mass is 270 g/mol. The van der Waals surface area contributed by atoms with E-state index < -0.39 is 0 Å². The van der Waals surface area contributed by atoms with Gasteiger partial charge in [0.15, 0.2) is 0 Å². The van der Waals surface area contributed by atoms with E-state index in [0.717, 1.165) is 18.9 Å². The van der Waals surface area contributed by atoms with Crippen LogP contribution in [-0.4, -0.2) is 19.7 Å². The number of hydrogen-bond donors (Lipinski definition) is 1. The molecule has 0 aliphatic carbocycles. The van der Waals surface area contributed by atoms with Crippen molar-refractivity contribution in [2.75, 3.05) is 19.7 Å². The second-order valence-corrected chi connectivity index (χ2v) is 4.93. The van der Waals surface area contributed by atoms with Crippen LogP contribution in [0.5, 0.6) is 5.75 Å². The zero-order valence-corrected chi connectivity index (χ0v) is 12.2. The molecule has 0 amide bonds. The first-order valence-electron chi connectivity index (χ1n) is 7.50. The number of nitrogens with two attached hydrogens (primary N) is 1. The number of ether oxygens (including phenoxy) is 1. The molecule has 2 N–H and O–H groups in total. The Hall–Kier alpha value is -1.80. The highest BCUT2D eigenvalue weighted by Crippen LogP contribution is 2.29. The number of para-hydroxylation sites is 1. The van der Waals surface area contributed by atoms with Gasteiger partial charge in [0, 0.05) is 5.56 Å². The Balaban J connectivity index is 1.92. The molecule has 20 heavy (non-hydrogen) atoms. The molecule has 2 nitrogen and oxygen atoms in total. The molecule has 2 aromatic carbocycles. The van der Waals surface area contributed by atoms with E-state index in [-0.39, 0.29) is 0 Å².